The molecule has 102 valence electrons. The summed E-state index contributed by atoms with van der Waals surface area (Å²) < 4.78 is 1.73. The van der Waals surface area contributed by atoms with Gasteiger partial charge in [0.1, 0.15) is 6.04 Å². The second kappa shape index (κ2) is 6.23. The van der Waals surface area contributed by atoms with E-state index in [9.17, 15) is 4.79 Å². The summed E-state index contributed by atoms with van der Waals surface area (Å²) in [6.45, 7) is 9.77. The van der Waals surface area contributed by atoms with E-state index in [1.165, 1.54) is 0 Å². The molecular weight excluding hydrogens is 250 g/mol. The fourth-order valence-corrected chi connectivity index (χ4v) is 1.98. The van der Waals surface area contributed by atoms with Gasteiger partial charge >= 0.3 is 0 Å². The molecule has 0 aliphatic heterocycles. The van der Waals surface area contributed by atoms with Crippen LogP contribution in [0.3, 0.4) is 0 Å². The minimum atomic E-state index is -0.287. The van der Waals surface area contributed by atoms with Crippen molar-refractivity contribution in [2.24, 2.45) is 0 Å². The molecule has 1 heterocycles. The van der Waals surface area contributed by atoms with Gasteiger partial charge in [-0.1, -0.05) is 25.4 Å². The van der Waals surface area contributed by atoms with E-state index >= 15 is 0 Å². The van der Waals surface area contributed by atoms with E-state index in [0.29, 0.717) is 11.4 Å². The van der Waals surface area contributed by atoms with Crippen LogP contribution in [0, 0.1) is 13.8 Å². The van der Waals surface area contributed by atoms with Gasteiger partial charge in [0.25, 0.3) is 0 Å². The van der Waals surface area contributed by atoms with Gasteiger partial charge in [-0.15, -0.1) is 0 Å². The normalized spacial score (nSPS) is 14.3. The quantitative estimate of drug-likeness (QED) is 0.895. The van der Waals surface area contributed by atoms with Gasteiger partial charge in [0.2, 0.25) is 5.91 Å². The van der Waals surface area contributed by atoms with Gasteiger partial charge < -0.3 is 5.32 Å². The van der Waals surface area contributed by atoms with E-state index in [0.717, 1.165) is 17.8 Å². The first-order valence-electron chi connectivity index (χ1n) is 6.43. The van der Waals surface area contributed by atoms with Crippen molar-refractivity contribution < 1.29 is 4.79 Å². The summed E-state index contributed by atoms with van der Waals surface area (Å²) >= 11 is 6.12. The van der Waals surface area contributed by atoms with Gasteiger partial charge in [-0.05, 0) is 33.6 Å². The van der Waals surface area contributed by atoms with Gasteiger partial charge in [0.15, 0.2) is 0 Å². The van der Waals surface area contributed by atoms with Crippen molar-refractivity contribution in [3.63, 3.8) is 0 Å². The monoisotopic (exact) mass is 271 g/mol. The Labute approximate surface area is 114 Å². The molecule has 4 nitrogen and oxygen atoms in total. The molecule has 1 rings (SSSR count). The third kappa shape index (κ3) is 3.05. The van der Waals surface area contributed by atoms with Crippen LogP contribution in [-0.4, -0.2) is 21.7 Å². The van der Waals surface area contributed by atoms with Gasteiger partial charge in [-0.3, -0.25) is 9.48 Å². The highest BCUT2D eigenvalue weighted by Gasteiger charge is 2.23. The van der Waals surface area contributed by atoms with E-state index in [1.54, 1.807) is 4.68 Å². The third-order valence-electron chi connectivity index (χ3n) is 3.22. The molecule has 0 bridgehead atoms. The predicted molar refractivity (Wildman–Crippen MR) is 73.9 cm³/mol. The Morgan fingerprint density at radius 3 is 2.39 bits per heavy atom. The molecule has 0 spiro atoms. The lowest BCUT2D eigenvalue weighted by Gasteiger charge is -2.20. The van der Waals surface area contributed by atoms with E-state index in [-0.39, 0.29) is 18.0 Å². The molecule has 1 aromatic rings. The van der Waals surface area contributed by atoms with Crippen LogP contribution in [0.5, 0.6) is 0 Å². The van der Waals surface area contributed by atoms with Gasteiger partial charge in [-0.25, -0.2) is 0 Å². The lowest BCUT2D eigenvalue weighted by molar-refractivity contribution is -0.125. The SMILES string of the molecule is CCC(C)NC(=O)C(CC)n1nc(C)c(Cl)c1C. The zero-order chi connectivity index (χ0) is 13.9. The van der Waals surface area contributed by atoms with Crippen LogP contribution in [-0.2, 0) is 4.79 Å². The number of halogens is 1. The summed E-state index contributed by atoms with van der Waals surface area (Å²) in [7, 11) is 0. The predicted octanol–water partition coefficient (Wildman–Crippen LogP) is 3.02. The first-order valence-corrected chi connectivity index (χ1v) is 6.81. The van der Waals surface area contributed by atoms with Crippen molar-refractivity contribution >= 4 is 17.5 Å². The number of nitrogens with zero attached hydrogens (tertiary/aromatic N) is 2. The number of rotatable bonds is 5. The molecular formula is C13H22ClN3O. The maximum absolute atomic E-state index is 12.2. The van der Waals surface area contributed by atoms with E-state index in [2.05, 4.69) is 10.4 Å². The Bertz CT molecular complexity index is 428. The molecule has 18 heavy (non-hydrogen) atoms. The number of aryl methyl sites for hydroxylation is 1. The number of hydrogen-bond acceptors (Lipinski definition) is 2. The largest absolute Gasteiger partial charge is 0.352 e. The maximum Gasteiger partial charge on any atom is 0.245 e. The van der Waals surface area contributed by atoms with E-state index in [1.807, 2.05) is 34.6 Å². The molecule has 0 aromatic carbocycles. The van der Waals surface area contributed by atoms with Crippen LogP contribution in [0.4, 0.5) is 0 Å². The fraction of sp³-hybridized carbons (Fsp3) is 0.692. The maximum atomic E-state index is 12.2. The number of carbonyl (C=O) groups is 1. The minimum Gasteiger partial charge on any atom is -0.352 e. The highest BCUT2D eigenvalue weighted by atomic mass is 35.5. The first-order chi connectivity index (χ1) is 8.42. The molecule has 2 unspecified atom stereocenters. The number of aromatic nitrogens is 2. The summed E-state index contributed by atoms with van der Waals surface area (Å²) in [6.07, 6.45) is 1.61. The summed E-state index contributed by atoms with van der Waals surface area (Å²) in [5.74, 6) is 0.00844. The number of nitrogens with one attached hydrogen (secondary N) is 1. The Morgan fingerprint density at radius 2 is 2.00 bits per heavy atom. The number of hydrogen-bond donors (Lipinski definition) is 1. The molecule has 0 aliphatic rings. The minimum absolute atomic E-state index is 0.00844. The molecule has 0 saturated carbocycles. The zero-order valence-corrected chi connectivity index (χ0v) is 12.5. The molecule has 5 heteroatoms. The number of amides is 1. The molecule has 0 aliphatic carbocycles. The fourth-order valence-electron chi connectivity index (χ4n) is 1.86. The Hall–Kier alpha value is -1.03. The van der Waals surface area contributed by atoms with Crippen molar-refractivity contribution in [3.05, 3.63) is 16.4 Å². The Balaban J connectivity index is 2.95. The van der Waals surface area contributed by atoms with Crippen LogP contribution < -0.4 is 5.32 Å². The van der Waals surface area contributed by atoms with E-state index < -0.39 is 0 Å². The smallest absolute Gasteiger partial charge is 0.245 e. The highest BCUT2D eigenvalue weighted by Crippen LogP contribution is 2.23. The standard InChI is InChI=1S/C13H22ClN3O/c1-6-8(3)15-13(18)11(7-2)17-10(5)12(14)9(4)16-17/h8,11H,6-7H2,1-5H3,(H,15,18). The van der Waals surface area contributed by atoms with Gasteiger partial charge in [0.05, 0.1) is 16.4 Å². The molecule has 1 amide bonds. The molecule has 0 saturated heterocycles. The van der Waals surface area contributed by atoms with Crippen molar-refractivity contribution in [1.29, 1.82) is 0 Å². The third-order valence-corrected chi connectivity index (χ3v) is 3.77. The highest BCUT2D eigenvalue weighted by molar-refractivity contribution is 6.31. The molecule has 0 radical (unpaired) electrons. The van der Waals surface area contributed by atoms with Crippen LogP contribution >= 0.6 is 11.6 Å². The lowest BCUT2D eigenvalue weighted by Crippen LogP contribution is -2.38. The van der Waals surface area contributed by atoms with Crippen molar-refractivity contribution in [3.8, 4) is 0 Å². The molecule has 0 fully saturated rings. The van der Waals surface area contributed by atoms with Crippen LogP contribution in [0.15, 0.2) is 0 Å². The number of carbonyl (C=O) groups excluding carboxylic acids is 1. The second-order valence-electron chi connectivity index (χ2n) is 4.67. The average molecular weight is 272 g/mol. The van der Waals surface area contributed by atoms with Crippen molar-refractivity contribution in [2.45, 2.75) is 59.5 Å². The van der Waals surface area contributed by atoms with Gasteiger partial charge in [0, 0.05) is 6.04 Å². The van der Waals surface area contributed by atoms with Gasteiger partial charge in [-0.2, -0.15) is 5.10 Å². The summed E-state index contributed by atoms with van der Waals surface area (Å²) in [6, 6.07) is -0.107. The topological polar surface area (TPSA) is 46.9 Å². The summed E-state index contributed by atoms with van der Waals surface area (Å²) in [5, 5.41) is 7.99. The lowest BCUT2D eigenvalue weighted by atomic mass is 10.2. The zero-order valence-electron chi connectivity index (χ0n) is 11.7. The molecule has 2 atom stereocenters. The second-order valence-corrected chi connectivity index (χ2v) is 5.05. The van der Waals surface area contributed by atoms with Crippen LogP contribution in [0.1, 0.15) is 51.0 Å². The van der Waals surface area contributed by atoms with E-state index in [4.69, 9.17) is 11.6 Å². The Morgan fingerprint density at radius 1 is 1.39 bits per heavy atom. The van der Waals surface area contributed by atoms with Crippen molar-refractivity contribution in [1.82, 2.24) is 15.1 Å². The summed E-state index contributed by atoms with van der Waals surface area (Å²) in [5.41, 5.74) is 1.62. The Kier molecular flexibility index (Phi) is 5.20. The van der Waals surface area contributed by atoms with Crippen LogP contribution in [0.25, 0.3) is 0 Å². The molecule has 1 aromatic heterocycles. The molecule has 1 N–H and O–H groups in total. The average Bonchev–Trinajstić information content (AvgIpc) is 2.58. The van der Waals surface area contributed by atoms with Crippen LogP contribution in [0.2, 0.25) is 5.02 Å². The first kappa shape index (κ1) is 15.0. The summed E-state index contributed by atoms with van der Waals surface area (Å²) in [4.78, 5) is 12.2. The van der Waals surface area contributed by atoms with Crippen molar-refractivity contribution in [2.75, 3.05) is 0 Å².